The van der Waals surface area contributed by atoms with Gasteiger partial charge < -0.3 is 0 Å². The van der Waals surface area contributed by atoms with Gasteiger partial charge in [0.1, 0.15) is 0 Å². The fourth-order valence-corrected chi connectivity index (χ4v) is 2.21. The second-order valence-corrected chi connectivity index (χ2v) is 5.11. The molecule has 0 amide bonds. The van der Waals surface area contributed by atoms with Crippen molar-refractivity contribution >= 4 is 10.2 Å². The molecule has 0 aliphatic rings. The van der Waals surface area contributed by atoms with Crippen molar-refractivity contribution in [2.45, 2.75) is 19.8 Å². The fraction of sp³-hybridized carbons (Fsp3) is 0.455. The molecule has 90 valence electrons. The van der Waals surface area contributed by atoms with Crippen molar-refractivity contribution in [1.29, 1.82) is 0 Å². The lowest BCUT2D eigenvalue weighted by atomic mass is 10.2. The molecule has 16 heavy (non-hydrogen) atoms. The second kappa shape index (κ2) is 6.62. The van der Waals surface area contributed by atoms with Crippen LogP contribution in [-0.2, 0) is 16.6 Å². The molecule has 1 aromatic carbocycles. The molecule has 0 aromatic heterocycles. The van der Waals surface area contributed by atoms with Crippen molar-refractivity contribution in [1.82, 2.24) is 9.44 Å². The number of hydrogen-bond donors (Lipinski definition) is 2. The van der Waals surface area contributed by atoms with Crippen molar-refractivity contribution in [3.05, 3.63) is 35.9 Å². The Hall–Kier alpha value is -0.910. The van der Waals surface area contributed by atoms with E-state index in [9.17, 15) is 8.42 Å². The molecule has 4 nitrogen and oxygen atoms in total. The highest BCUT2D eigenvalue weighted by atomic mass is 32.2. The molecule has 0 atom stereocenters. The minimum atomic E-state index is -3.31. The first-order valence-corrected chi connectivity index (χ1v) is 6.90. The summed E-state index contributed by atoms with van der Waals surface area (Å²) < 4.78 is 27.7. The largest absolute Gasteiger partial charge is 0.276 e. The molecule has 1 rings (SSSR count). The lowest BCUT2D eigenvalue weighted by Crippen LogP contribution is -2.37. The Morgan fingerprint density at radius 2 is 1.69 bits per heavy atom. The fourth-order valence-electron chi connectivity index (χ4n) is 1.26. The first-order chi connectivity index (χ1) is 7.64. The molecule has 1 aromatic rings. The Labute approximate surface area is 97.3 Å². The van der Waals surface area contributed by atoms with E-state index in [-0.39, 0.29) is 0 Å². The molecule has 0 unspecified atom stereocenters. The summed E-state index contributed by atoms with van der Waals surface area (Å²) >= 11 is 0. The van der Waals surface area contributed by atoms with Gasteiger partial charge in [-0.15, -0.1) is 0 Å². The van der Waals surface area contributed by atoms with E-state index in [2.05, 4.69) is 9.44 Å². The molecule has 0 spiro atoms. The Bertz CT molecular complexity index is 390. The highest BCUT2D eigenvalue weighted by Gasteiger charge is 2.06. The highest BCUT2D eigenvalue weighted by Crippen LogP contribution is 1.98. The van der Waals surface area contributed by atoms with Crippen LogP contribution >= 0.6 is 0 Å². The van der Waals surface area contributed by atoms with E-state index in [1.54, 1.807) is 0 Å². The van der Waals surface area contributed by atoms with Gasteiger partial charge in [-0.3, -0.25) is 0 Å². The van der Waals surface area contributed by atoms with Crippen LogP contribution < -0.4 is 9.44 Å². The van der Waals surface area contributed by atoms with Gasteiger partial charge in [-0.2, -0.15) is 8.42 Å². The highest BCUT2D eigenvalue weighted by molar-refractivity contribution is 7.87. The van der Waals surface area contributed by atoms with Crippen LogP contribution in [0.4, 0.5) is 0 Å². The van der Waals surface area contributed by atoms with Crippen LogP contribution in [0.2, 0.25) is 0 Å². The zero-order valence-electron chi connectivity index (χ0n) is 9.44. The average Bonchev–Trinajstić information content (AvgIpc) is 2.28. The maximum Gasteiger partial charge on any atom is 0.276 e. The molecular weight excluding hydrogens is 224 g/mol. The molecule has 5 heteroatoms. The number of benzene rings is 1. The van der Waals surface area contributed by atoms with E-state index >= 15 is 0 Å². The summed E-state index contributed by atoms with van der Waals surface area (Å²) in [6, 6.07) is 9.79. The van der Waals surface area contributed by atoms with Gasteiger partial charge in [0.15, 0.2) is 0 Å². The minimum Gasteiger partial charge on any atom is -0.202 e. The monoisotopic (exact) mass is 242 g/mol. The summed E-state index contributed by atoms with van der Waals surface area (Å²) in [6.07, 6.45) is 1.49. The zero-order chi connectivity index (χ0) is 11.9. The van der Waals surface area contributed by atoms with E-state index in [0.29, 0.717) is 19.5 Å². The quantitative estimate of drug-likeness (QED) is 0.751. The zero-order valence-corrected chi connectivity index (χ0v) is 10.3. The minimum absolute atomic E-state index is 0.420. The van der Waals surface area contributed by atoms with Gasteiger partial charge in [0, 0.05) is 13.1 Å². The van der Waals surface area contributed by atoms with Gasteiger partial charge >= 0.3 is 0 Å². The van der Waals surface area contributed by atoms with Crippen LogP contribution in [0.25, 0.3) is 0 Å². The standard InChI is InChI=1S/C11H18N2O2S/c1-2-9-12-16(14,15)13-10-8-11-6-4-3-5-7-11/h3-7,12-13H,2,8-10H2,1H3. The average molecular weight is 242 g/mol. The van der Waals surface area contributed by atoms with Crippen molar-refractivity contribution in [2.24, 2.45) is 0 Å². The van der Waals surface area contributed by atoms with Crippen LogP contribution in [0.5, 0.6) is 0 Å². The SMILES string of the molecule is CCCNS(=O)(=O)NCCc1ccccc1. The summed E-state index contributed by atoms with van der Waals surface area (Å²) in [4.78, 5) is 0. The molecule has 0 fully saturated rings. The van der Waals surface area contributed by atoms with E-state index < -0.39 is 10.2 Å². The van der Waals surface area contributed by atoms with Crippen LogP contribution in [0.15, 0.2) is 30.3 Å². The van der Waals surface area contributed by atoms with Crippen molar-refractivity contribution < 1.29 is 8.42 Å². The maximum absolute atomic E-state index is 11.4. The normalized spacial score (nSPS) is 11.6. The predicted molar refractivity (Wildman–Crippen MR) is 65.4 cm³/mol. The van der Waals surface area contributed by atoms with E-state index in [1.165, 1.54) is 0 Å². The maximum atomic E-state index is 11.4. The number of hydrogen-bond acceptors (Lipinski definition) is 2. The van der Waals surface area contributed by atoms with E-state index in [0.717, 1.165) is 12.0 Å². The van der Waals surface area contributed by atoms with Gasteiger partial charge in [0.2, 0.25) is 0 Å². The molecule has 2 N–H and O–H groups in total. The molecular formula is C11H18N2O2S. The summed E-state index contributed by atoms with van der Waals surface area (Å²) in [6.45, 7) is 2.82. The van der Waals surface area contributed by atoms with Crippen molar-refractivity contribution in [2.75, 3.05) is 13.1 Å². The summed E-state index contributed by atoms with van der Waals surface area (Å²) in [5.74, 6) is 0. The number of nitrogens with one attached hydrogen (secondary N) is 2. The third kappa shape index (κ3) is 5.25. The van der Waals surface area contributed by atoms with Crippen molar-refractivity contribution in [3.8, 4) is 0 Å². The molecule has 0 bridgehead atoms. The van der Waals surface area contributed by atoms with Crippen molar-refractivity contribution in [3.63, 3.8) is 0 Å². The van der Waals surface area contributed by atoms with Gasteiger partial charge in [-0.1, -0.05) is 37.3 Å². The van der Waals surface area contributed by atoms with Gasteiger partial charge in [0.05, 0.1) is 0 Å². The van der Waals surface area contributed by atoms with E-state index in [1.807, 2.05) is 37.3 Å². The Morgan fingerprint density at radius 3 is 2.31 bits per heavy atom. The number of rotatable bonds is 7. The van der Waals surface area contributed by atoms with E-state index in [4.69, 9.17) is 0 Å². The summed E-state index contributed by atoms with van der Waals surface area (Å²) in [5, 5.41) is 0. The first kappa shape index (κ1) is 13.2. The Balaban J connectivity index is 2.30. The predicted octanol–water partition coefficient (Wildman–Crippen LogP) is 1.06. The summed E-state index contributed by atoms with van der Waals surface area (Å²) in [7, 11) is -3.31. The summed E-state index contributed by atoms with van der Waals surface area (Å²) in [5.41, 5.74) is 1.13. The van der Waals surface area contributed by atoms with Gasteiger partial charge in [0.25, 0.3) is 10.2 Å². The molecule has 0 aliphatic carbocycles. The molecule has 0 radical (unpaired) electrons. The van der Waals surface area contributed by atoms with Crippen LogP contribution in [-0.4, -0.2) is 21.5 Å². The third-order valence-corrected chi connectivity index (χ3v) is 3.26. The molecule has 0 heterocycles. The molecule has 0 saturated heterocycles. The second-order valence-electron chi connectivity index (χ2n) is 3.53. The first-order valence-electron chi connectivity index (χ1n) is 5.42. The van der Waals surface area contributed by atoms with Gasteiger partial charge in [-0.25, -0.2) is 9.44 Å². The molecule has 0 aliphatic heterocycles. The van der Waals surface area contributed by atoms with Gasteiger partial charge in [-0.05, 0) is 18.4 Å². The third-order valence-electron chi connectivity index (χ3n) is 2.09. The lowest BCUT2D eigenvalue weighted by molar-refractivity contribution is 0.566. The lowest BCUT2D eigenvalue weighted by Gasteiger charge is -2.07. The molecule has 0 saturated carbocycles. The Kier molecular flexibility index (Phi) is 5.45. The Morgan fingerprint density at radius 1 is 1.06 bits per heavy atom. The van der Waals surface area contributed by atoms with Crippen LogP contribution in [0, 0.1) is 0 Å². The van der Waals surface area contributed by atoms with Crippen LogP contribution in [0.1, 0.15) is 18.9 Å². The topological polar surface area (TPSA) is 58.2 Å². The smallest absolute Gasteiger partial charge is 0.202 e. The van der Waals surface area contributed by atoms with Crippen LogP contribution in [0.3, 0.4) is 0 Å².